The van der Waals surface area contributed by atoms with Crippen LogP contribution in [-0.4, -0.2) is 38.0 Å². The van der Waals surface area contributed by atoms with Crippen LogP contribution in [0.15, 0.2) is 23.7 Å². The van der Waals surface area contributed by atoms with Gasteiger partial charge in [0.1, 0.15) is 5.75 Å². The van der Waals surface area contributed by atoms with Crippen molar-refractivity contribution in [3.63, 3.8) is 0 Å². The summed E-state index contributed by atoms with van der Waals surface area (Å²) in [7, 11) is 0. The van der Waals surface area contributed by atoms with Gasteiger partial charge in [-0.1, -0.05) is 23.2 Å². The SMILES string of the molecule is Nc1nc2c(c(-c3c(Cl)cc(Cl)cc3OCCc3nccs3)n1)CN(C(=O)NC13CC(C1)C3)C2. The molecule has 4 aliphatic rings. The van der Waals surface area contributed by atoms with Crippen molar-refractivity contribution in [3.8, 4) is 17.0 Å². The summed E-state index contributed by atoms with van der Waals surface area (Å²) in [5, 5.41) is 6.98. The number of urea groups is 1. The number of benzene rings is 1. The Hall–Kier alpha value is -2.62. The van der Waals surface area contributed by atoms with Crippen molar-refractivity contribution in [1.29, 1.82) is 0 Å². The molecule has 0 atom stereocenters. The lowest BCUT2D eigenvalue weighted by atomic mass is 9.50. The summed E-state index contributed by atoms with van der Waals surface area (Å²) in [5.74, 6) is 1.41. The quantitative estimate of drug-likeness (QED) is 0.492. The number of nitrogens with one attached hydrogen (secondary N) is 1. The number of hydrogen-bond donors (Lipinski definition) is 2. The van der Waals surface area contributed by atoms with Gasteiger partial charge in [-0.3, -0.25) is 0 Å². The topological polar surface area (TPSA) is 106 Å². The van der Waals surface area contributed by atoms with Gasteiger partial charge in [0, 0.05) is 34.1 Å². The minimum atomic E-state index is -0.0807. The first-order valence-electron chi connectivity index (χ1n) is 11.1. The van der Waals surface area contributed by atoms with Crippen LogP contribution in [0.2, 0.25) is 10.0 Å². The summed E-state index contributed by atoms with van der Waals surface area (Å²) in [4.78, 5) is 27.9. The van der Waals surface area contributed by atoms with E-state index in [1.54, 1.807) is 34.6 Å². The highest BCUT2D eigenvalue weighted by Gasteiger charge is 2.57. The fourth-order valence-electron chi connectivity index (χ4n) is 5.08. The largest absolute Gasteiger partial charge is 0.492 e. The molecular weight excluding hydrogens is 495 g/mol. The van der Waals surface area contributed by atoms with Crippen molar-refractivity contribution in [1.82, 2.24) is 25.2 Å². The van der Waals surface area contributed by atoms with Crippen LogP contribution >= 0.6 is 34.5 Å². The second-order valence-electron chi connectivity index (χ2n) is 9.19. The first-order valence-corrected chi connectivity index (χ1v) is 12.8. The third-order valence-electron chi connectivity index (χ3n) is 6.81. The molecule has 8 nitrogen and oxygen atoms in total. The van der Waals surface area contributed by atoms with Crippen molar-refractivity contribution >= 4 is 46.5 Å². The molecule has 0 radical (unpaired) electrons. The van der Waals surface area contributed by atoms with Gasteiger partial charge in [-0.2, -0.15) is 0 Å². The summed E-state index contributed by atoms with van der Waals surface area (Å²) in [6.45, 7) is 1.14. The maximum absolute atomic E-state index is 13.0. The van der Waals surface area contributed by atoms with Crippen LogP contribution < -0.4 is 15.8 Å². The van der Waals surface area contributed by atoms with Crippen molar-refractivity contribution in [2.75, 3.05) is 12.3 Å². The Balaban J connectivity index is 1.29. The van der Waals surface area contributed by atoms with Crippen LogP contribution in [0.5, 0.6) is 5.75 Å². The molecule has 0 unspecified atom stereocenters. The van der Waals surface area contributed by atoms with Crippen LogP contribution in [0.3, 0.4) is 0 Å². The maximum Gasteiger partial charge on any atom is 0.318 e. The number of rotatable bonds is 6. The highest BCUT2D eigenvalue weighted by Crippen LogP contribution is 2.57. The van der Waals surface area contributed by atoms with Crippen LogP contribution in [-0.2, 0) is 19.5 Å². The molecule has 0 saturated heterocycles. The van der Waals surface area contributed by atoms with E-state index < -0.39 is 0 Å². The van der Waals surface area contributed by atoms with Gasteiger partial charge >= 0.3 is 6.03 Å². The number of nitrogens with zero attached hydrogens (tertiary/aromatic N) is 4. The Kier molecular flexibility index (Phi) is 5.31. The van der Waals surface area contributed by atoms with Gasteiger partial charge in [0.2, 0.25) is 5.95 Å². The Morgan fingerprint density at radius 3 is 2.79 bits per heavy atom. The lowest BCUT2D eigenvalue weighted by Crippen LogP contribution is -2.69. The number of fused-ring (bicyclic) bond motifs is 1. The number of nitrogen functional groups attached to an aromatic ring is 1. The van der Waals surface area contributed by atoms with Crippen molar-refractivity contribution in [2.24, 2.45) is 5.92 Å². The van der Waals surface area contributed by atoms with E-state index in [0.717, 1.165) is 41.4 Å². The molecule has 1 aromatic carbocycles. The second-order valence-corrected chi connectivity index (χ2v) is 11.0. The third-order valence-corrected chi connectivity index (χ3v) is 8.17. The zero-order valence-electron chi connectivity index (χ0n) is 18.2. The number of amides is 2. The summed E-state index contributed by atoms with van der Waals surface area (Å²) in [5.41, 5.74) is 8.76. The highest BCUT2D eigenvalue weighted by molar-refractivity contribution is 7.09. The van der Waals surface area contributed by atoms with E-state index >= 15 is 0 Å². The van der Waals surface area contributed by atoms with Crippen molar-refractivity contribution in [2.45, 2.75) is 44.3 Å². The number of ether oxygens (including phenoxy) is 1. The zero-order valence-corrected chi connectivity index (χ0v) is 20.5. The highest BCUT2D eigenvalue weighted by atomic mass is 35.5. The molecule has 2 bridgehead atoms. The molecule has 3 aromatic rings. The average molecular weight is 517 g/mol. The predicted octanol–water partition coefficient (Wildman–Crippen LogP) is 4.69. The Bertz CT molecular complexity index is 1270. The summed E-state index contributed by atoms with van der Waals surface area (Å²) >= 11 is 14.5. The van der Waals surface area contributed by atoms with E-state index in [9.17, 15) is 4.79 Å². The molecule has 0 spiro atoms. The smallest absolute Gasteiger partial charge is 0.318 e. The van der Waals surface area contributed by atoms with E-state index in [-0.39, 0.29) is 17.5 Å². The summed E-state index contributed by atoms with van der Waals surface area (Å²) < 4.78 is 6.10. The molecule has 3 saturated carbocycles. The zero-order chi connectivity index (χ0) is 23.4. The van der Waals surface area contributed by atoms with E-state index in [0.29, 0.717) is 53.2 Å². The molecule has 7 rings (SSSR count). The normalized spacial score (nSPS) is 22.1. The molecule has 3 N–H and O–H groups in total. The number of carbonyl (C=O) groups excluding carboxylic acids is 1. The van der Waals surface area contributed by atoms with Gasteiger partial charge in [0.15, 0.2) is 0 Å². The van der Waals surface area contributed by atoms with Gasteiger partial charge in [-0.25, -0.2) is 19.7 Å². The molecular formula is C23H22Cl2N6O2S. The Labute approximate surface area is 210 Å². The minimum absolute atomic E-state index is 0.00196. The molecule has 1 aliphatic heterocycles. The molecule has 2 aromatic heterocycles. The molecule has 3 heterocycles. The number of anilines is 1. The van der Waals surface area contributed by atoms with Crippen LogP contribution in [0.1, 0.15) is 35.5 Å². The number of thiazole rings is 1. The number of halogens is 2. The van der Waals surface area contributed by atoms with Crippen LogP contribution in [0, 0.1) is 5.92 Å². The minimum Gasteiger partial charge on any atom is -0.492 e. The van der Waals surface area contributed by atoms with Gasteiger partial charge < -0.3 is 20.7 Å². The van der Waals surface area contributed by atoms with Gasteiger partial charge in [-0.15, -0.1) is 11.3 Å². The number of carbonyl (C=O) groups is 1. The standard InChI is InChI=1S/C23H22Cl2N6O2S/c24-13-5-15(25)19(17(6-13)33-3-1-18-27-2-4-34-18)20-14-10-31(11-16(14)28-21(26)29-20)22(32)30-23-7-12(8-23)9-23/h2,4-6,12H,1,3,7-11H2,(H,30,32)(H2,26,28,29). The fourth-order valence-corrected chi connectivity index (χ4v) is 6.25. The van der Waals surface area contributed by atoms with Crippen LogP contribution in [0.4, 0.5) is 10.7 Å². The van der Waals surface area contributed by atoms with Crippen molar-refractivity contribution in [3.05, 3.63) is 50.0 Å². The molecule has 176 valence electrons. The first-order chi connectivity index (χ1) is 16.4. The monoisotopic (exact) mass is 516 g/mol. The first kappa shape index (κ1) is 21.9. The van der Waals surface area contributed by atoms with Gasteiger partial charge in [0.25, 0.3) is 0 Å². The number of nitrogens with two attached hydrogens (primary N) is 1. The maximum atomic E-state index is 13.0. The average Bonchev–Trinajstić information content (AvgIpc) is 3.38. The Morgan fingerprint density at radius 1 is 1.26 bits per heavy atom. The number of aromatic nitrogens is 3. The van der Waals surface area contributed by atoms with Crippen LogP contribution in [0.25, 0.3) is 11.3 Å². The molecule has 11 heteroatoms. The van der Waals surface area contributed by atoms with E-state index in [1.807, 2.05) is 5.38 Å². The third kappa shape index (κ3) is 3.85. The van der Waals surface area contributed by atoms with Gasteiger partial charge in [-0.05, 0) is 37.3 Å². The fraction of sp³-hybridized carbons (Fsp3) is 0.391. The second kappa shape index (κ2) is 8.25. The summed E-state index contributed by atoms with van der Waals surface area (Å²) in [6, 6.07) is 3.29. The van der Waals surface area contributed by atoms with E-state index in [1.165, 1.54) is 0 Å². The molecule has 3 aliphatic carbocycles. The van der Waals surface area contributed by atoms with E-state index in [4.69, 9.17) is 33.7 Å². The Morgan fingerprint density at radius 2 is 2.09 bits per heavy atom. The number of hydrogen-bond acceptors (Lipinski definition) is 7. The lowest BCUT2D eigenvalue weighted by Gasteiger charge is -2.61. The van der Waals surface area contributed by atoms with E-state index in [2.05, 4.69) is 20.3 Å². The summed E-state index contributed by atoms with van der Waals surface area (Å²) in [6.07, 6.45) is 5.67. The molecule has 2 amide bonds. The van der Waals surface area contributed by atoms with Crippen molar-refractivity contribution < 1.29 is 9.53 Å². The molecule has 3 fully saturated rings. The lowest BCUT2D eigenvalue weighted by molar-refractivity contribution is -0.0434. The predicted molar refractivity (Wildman–Crippen MR) is 131 cm³/mol. The molecule has 34 heavy (non-hydrogen) atoms. The van der Waals surface area contributed by atoms with Gasteiger partial charge in [0.05, 0.1) is 46.7 Å².